The molecule has 0 bridgehead atoms. The maximum Gasteiger partial charge on any atom is 0.0218 e. The Morgan fingerprint density at radius 1 is 1.47 bits per heavy atom. The van der Waals surface area contributed by atoms with E-state index in [0.717, 1.165) is 19.1 Å². The molecular weight excluding hydrogens is 276 g/mol. The third kappa shape index (κ3) is 3.54. The summed E-state index contributed by atoms with van der Waals surface area (Å²) in [4.78, 5) is 2.46. The van der Waals surface area contributed by atoms with E-state index < -0.39 is 0 Å². The summed E-state index contributed by atoms with van der Waals surface area (Å²) >= 11 is 3.58. The Morgan fingerprint density at radius 3 is 2.94 bits per heavy atom. The minimum Gasteiger partial charge on any atom is -0.311 e. The Bertz CT molecular complexity index is 378. The third-order valence-electron chi connectivity index (χ3n) is 3.62. The monoisotopic (exact) mass is 296 g/mol. The van der Waals surface area contributed by atoms with Crippen LogP contribution in [0.2, 0.25) is 0 Å². The van der Waals surface area contributed by atoms with Gasteiger partial charge in [0, 0.05) is 23.6 Å². The first-order chi connectivity index (χ1) is 8.16. The van der Waals surface area contributed by atoms with Crippen molar-refractivity contribution in [2.75, 3.05) is 20.1 Å². The molecule has 1 aliphatic heterocycles. The number of rotatable bonds is 4. The molecule has 0 radical (unpaired) electrons. The molecule has 0 saturated carbocycles. The lowest BCUT2D eigenvalue weighted by molar-refractivity contribution is 0.300. The first kappa shape index (κ1) is 13.1. The smallest absolute Gasteiger partial charge is 0.0218 e. The average Bonchev–Trinajstić information content (AvgIpc) is 2.70. The molecule has 0 aromatic heterocycles. The van der Waals surface area contributed by atoms with Gasteiger partial charge in [0.05, 0.1) is 0 Å². The second kappa shape index (κ2) is 5.98. The fraction of sp³-hybridized carbons (Fsp3) is 0.571. The molecule has 1 N–H and O–H groups in total. The largest absolute Gasteiger partial charge is 0.311 e. The van der Waals surface area contributed by atoms with E-state index in [-0.39, 0.29) is 0 Å². The van der Waals surface area contributed by atoms with Crippen molar-refractivity contribution >= 4 is 15.9 Å². The highest BCUT2D eigenvalue weighted by Crippen LogP contribution is 2.18. The number of likely N-dealkylation sites (tertiary alicyclic amines) is 1. The van der Waals surface area contributed by atoms with E-state index in [9.17, 15) is 0 Å². The molecule has 1 atom stereocenters. The fourth-order valence-corrected chi connectivity index (χ4v) is 2.79. The van der Waals surface area contributed by atoms with E-state index in [0.29, 0.717) is 0 Å². The van der Waals surface area contributed by atoms with Crippen molar-refractivity contribution in [2.45, 2.75) is 32.4 Å². The molecule has 0 aliphatic carbocycles. The molecule has 1 aromatic carbocycles. The number of hydrogen-bond acceptors (Lipinski definition) is 2. The van der Waals surface area contributed by atoms with Gasteiger partial charge >= 0.3 is 0 Å². The maximum atomic E-state index is 3.58. The number of nitrogens with zero attached hydrogens (tertiary/aromatic N) is 1. The number of halogens is 1. The number of hydrogen-bond donors (Lipinski definition) is 1. The van der Waals surface area contributed by atoms with Gasteiger partial charge in [0.25, 0.3) is 0 Å². The van der Waals surface area contributed by atoms with Crippen LogP contribution < -0.4 is 5.32 Å². The summed E-state index contributed by atoms with van der Waals surface area (Å²) in [5.41, 5.74) is 2.65. The topological polar surface area (TPSA) is 15.3 Å². The molecule has 1 saturated heterocycles. The molecule has 1 unspecified atom stereocenters. The highest BCUT2D eigenvalue weighted by Gasteiger charge is 2.19. The van der Waals surface area contributed by atoms with Crippen LogP contribution in [0.15, 0.2) is 22.7 Å². The van der Waals surface area contributed by atoms with Crippen LogP contribution in [0.3, 0.4) is 0 Å². The van der Waals surface area contributed by atoms with Crippen LogP contribution in [0.5, 0.6) is 0 Å². The van der Waals surface area contributed by atoms with Crippen molar-refractivity contribution in [1.82, 2.24) is 10.2 Å². The lowest BCUT2D eigenvalue weighted by Gasteiger charge is -2.19. The molecule has 2 nitrogen and oxygen atoms in total. The third-order valence-corrected chi connectivity index (χ3v) is 4.47. The zero-order valence-electron chi connectivity index (χ0n) is 10.7. The predicted octanol–water partition coefficient (Wildman–Crippen LogP) is 2.94. The van der Waals surface area contributed by atoms with E-state index in [1.54, 1.807) is 0 Å². The standard InChI is InChI=1S/C14H21BrN2/c1-11-5-6-12(8-14(11)15)9-16-10-13-4-3-7-17(13)2/h5-6,8,13,16H,3-4,7,9-10H2,1-2H3. The Morgan fingerprint density at radius 2 is 2.29 bits per heavy atom. The van der Waals surface area contributed by atoms with Crippen LogP contribution in [0, 0.1) is 6.92 Å². The molecule has 0 amide bonds. The Hall–Kier alpha value is -0.380. The minimum atomic E-state index is 0.726. The molecule has 1 fully saturated rings. The Kier molecular flexibility index (Phi) is 4.60. The van der Waals surface area contributed by atoms with E-state index in [1.165, 1.54) is 35.0 Å². The van der Waals surface area contributed by atoms with Crippen LogP contribution in [-0.4, -0.2) is 31.1 Å². The first-order valence-corrected chi connectivity index (χ1v) is 7.12. The van der Waals surface area contributed by atoms with Crippen molar-refractivity contribution in [3.63, 3.8) is 0 Å². The van der Waals surface area contributed by atoms with Gasteiger partial charge in [0.2, 0.25) is 0 Å². The molecule has 2 rings (SSSR count). The van der Waals surface area contributed by atoms with Crippen LogP contribution in [-0.2, 0) is 6.54 Å². The highest BCUT2D eigenvalue weighted by atomic mass is 79.9. The van der Waals surface area contributed by atoms with Crippen LogP contribution >= 0.6 is 15.9 Å². The number of likely N-dealkylation sites (N-methyl/N-ethyl adjacent to an activating group) is 1. The van der Waals surface area contributed by atoms with Gasteiger partial charge in [-0.15, -0.1) is 0 Å². The van der Waals surface area contributed by atoms with Crippen LogP contribution in [0.1, 0.15) is 24.0 Å². The molecule has 1 heterocycles. The van der Waals surface area contributed by atoms with Crippen molar-refractivity contribution < 1.29 is 0 Å². The quantitative estimate of drug-likeness (QED) is 0.919. The highest BCUT2D eigenvalue weighted by molar-refractivity contribution is 9.10. The van der Waals surface area contributed by atoms with Gasteiger partial charge in [0.15, 0.2) is 0 Å². The van der Waals surface area contributed by atoms with Gasteiger partial charge in [-0.25, -0.2) is 0 Å². The van der Waals surface area contributed by atoms with Crippen molar-refractivity contribution in [3.05, 3.63) is 33.8 Å². The number of nitrogens with one attached hydrogen (secondary N) is 1. The van der Waals surface area contributed by atoms with Crippen LogP contribution in [0.4, 0.5) is 0 Å². The first-order valence-electron chi connectivity index (χ1n) is 6.33. The summed E-state index contributed by atoms with van der Waals surface area (Å²) in [7, 11) is 2.22. The zero-order chi connectivity index (χ0) is 12.3. The van der Waals surface area contributed by atoms with E-state index in [1.807, 2.05) is 0 Å². The summed E-state index contributed by atoms with van der Waals surface area (Å²) in [6, 6.07) is 7.30. The summed E-state index contributed by atoms with van der Waals surface area (Å²) in [6.07, 6.45) is 2.68. The second-order valence-electron chi connectivity index (χ2n) is 4.99. The van der Waals surface area contributed by atoms with Crippen molar-refractivity contribution in [3.8, 4) is 0 Å². The molecule has 1 aromatic rings. The number of benzene rings is 1. The molecule has 1 aliphatic rings. The fourth-order valence-electron chi connectivity index (χ4n) is 2.37. The zero-order valence-corrected chi connectivity index (χ0v) is 12.3. The second-order valence-corrected chi connectivity index (χ2v) is 5.85. The van der Waals surface area contributed by atoms with Gasteiger partial charge in [-0.3, -0.25) is 0 Å². The van der Waals surface area contributed by atoms with Crippen molar-refractivity contribution in [1.29, 1.82) is 0 Å². The average molecular weight is 297 g/mol. The minimum absolute atomic E-state index is 0.726. The van der Waals surface area contributed by atoms with E-state index in [2.05, 4.69) is 58.3 Å². The maximum absolute atomic E-state index is 3.58. The van der Waals surface area contributed by atoms with Gasteiger partial charge in [0.1, 0.15) is 0 Å². The molecule has 3 heteroatoms. The predicted molar refractivity (Wildman–Crippen MR) is 76.2 cm³/mol. The van der Waals surface area contributed by atoms with Crippen molar-refractivity contribution in [2.24, 2.45) is 0 Å². The van der Waals surface area contributed by atoms with Crippen LogP contribution in [0.25, 0.3) is 0 Å². The van der Waals surface area contributed by atoms with Gasteiger partial charge in [-0.05, 0) is 50.6 Å². The normalized spacial score (nSPS) is 21.0. The Labute approximate surface area is 113 Å². The van der Waals surface area contributed by atoms with E-state index >= 15 is 0 Å². The lowest BCUT2D eigenvalue weighted by atomic mass is 10.1. The summed E-state index contributed by atoms with van der Waals surface area (Å²) in [5.74, 6) is 0. The summed E-state index contributed by atoms with van der Waals surface area (Å²) in [5, 5.41) is 3.56. The summed E-state index contributed by atoms with van der Waals surface area (Å²) in [6.45, 7) is 5.43. The van der Waals surface area contributed by atoms with Gasteiger partial charge in [-0.1, -0.05) is 28.1 Å². The number of aryl methyl sites for hydroxylation is 1. The molecule has 94 valence electrons. The van der Waals surface area contributed by atoms with E-state index in [4.69, 9.17) is 0 Å². The van der Waals surface area contributed by atoms with Gasteiger partial charge in [-0.2, -0.15) is 0 Å². The SMILES string of the molecule is Cc1ccc(CNCC2CCCN2C)cc1Br. The summed E-state index contributed by atoms with van der Waals surface area (Å²) < 4.78 is 1.20. The lowest BCUT2D eigenvalue weighted by Crippen LogP contribution is -2.35. The molecular formula is C14H21BrN2. The molecule has 17 heavy (non-hydrogen) atoms. The Balaban J connectivity index is 1.79. The van der Waals surface area contributed by atoms with Gasteiger partial charge < -0.3 is 10.2 Å². The molecule has 0 spiro atoms.